The average Bonchev–Trinajstić information content (AvgIpc) is 3.06. The molecule has 0 fully saturated rings. The van der Waals surface area contributed by atoms with E-state index in [0.29, 0.717) is 5.92 Å². The highest BCUT2D eigenvalue weighted by Crippen LogP contribution is 2.69. The van der Waals surface area contributed by atoms with Gasteiger partial charge in [-0.3, -0.25) is 0 Å². The molecule has 0 aromatic heterocycles. The molecular formula is C29H41O9Si10. The minimum atomic E-state index is -2.19. The maximum absolute atomic E-state index is 6.34. The van der Waals surface area contributed by atoms with Gasteiger partial charge in [-0.15, -0.1) is 0 Å². The van der Waals surface area contributed by atoms with Crippen molar-refractivity contribution in [2.45, 2.75) is 107 Å². The zero-order valence-corrected chi connectivity index (χ0v) is 39.5. The third-order valence-corrected chi connectivity index (χ3v) is 14.2. The lowest BCUT2D eigenvalue weighted by Crippen LogP contribution is -2.71. The maximum Gasteiger partial charge on any atom is 0.341 e. The first-order valence-corrected chi connectivity index (χ1v) is 20.2. The minimum absolute atomic E-state index is 0.0205. The third kappa shape index (κ3) is 7.16. The molecule has 251 valence electrons. The summed E-state index contributed by atoms with van der Waals surface area (Å²) in [5.41, 5.74) is -0.225. The van der Waals surface area contributed by atoms with Gasteiger partial charge in [0.15, 0.2) is 23.0 Å². The standard InChI is InChI=1S/C29H41O9Si10/c1-12-13-14-16(2)24(3,4)25(5,6)26(7,8)27(9,10)29(37-46,38-47)28(35-44,36-45)19-18(17(30-39)15-48-11)20(31-40)22(33-42)23(34-43)21(19)32-41/h15-16H,12-14H2,1-11H3/b17-15+. The highest BCUT2D eigenvalue weighted by Gasteiger charge is 2.72. The second kappa shape index (κ2) is 18.1. The van der Waals surface area contributed by atoms with Crippen molar-refractivity contribution in [3.8, 4) is 23.0 Å². The van der Waals surface area contributed by atoms with E-state index in [9.17, 15) is 0 Å². The molecule has 1 aromatic carbocycles. The lowest BCUT2D eigenvalue weighted by molar-refractivity contribution is -0.380. The SMILES string of the molecule is CCCCC(C)C(C)(C)C(C)(C)C(C)(C)C(C)(C)C(O[Si])(O[Si])C(O[Si])(O[Si])c1c(O[Si])c(O[Si])c(O[Si])c(O[Si])c1/C(=C\[Si]C)O[Si]. The predicted octanol–water partition coefficient (Wildman–Crippen LogP) is 3.87. The number of unbranched alkanes of at least 4 members (excludes halogenated alkanes) is 1. The van der Waals surface area contributed by atoms with Gasteiger partial charge in [0.1, 0.15) is 5.76 Å². The van der Waals surface area contributed by atoms with Gasteiger partial charge in [-0.2, -0.15) is 0 Å². The largest absolute Gasteiger partial charge is 0.540 e. The molecule has 1 unspecified atom stereocenters. The molecule has 0 bridgehead atoms. The first kappa shape index (κ1) is 46.0. The average molecular weight is 814 g/mol. The van der Waals surface area contributed by atoms with Crippen LogP contribution in [0.25, 0.3) is 5.76 Å². The Hall–Kier alpha value is -0.0312. The van der Waals surface area contributed by atoms with Gasteiger partial charge in [0, 0.05) is 5.41 Å². The van der Waals surface area contributed by atoms with Gasteiger partial charge in [0.25, 0.3) is 41.9 Å². The van der Waals surface area contributed by atoms with Gasteiger partial charge in [0.2, 0.25) is 11.6 Å². The van der Waals surface area contributed by atoms with E-state index in [1.54, 1.807) is 5.70 Å². The van der Waals surface area contributed by atoms with Crippen LogP contribution in [0.2, 0.25) is 6.55 Å². The fraction of sp³-hybridized carbons (Fsp3) is 0.724. The Balaban J connectivity index is 4.70. The van der Waals surface area contributed by atoms with Crippen LogP contribution in [0.4, 0.5) is 0 Å². The second-order valence-corrected chi connectivity index (χ2v) is 16.4. The normalized spacial score (nSPS) is 14.5. The van der Waals surface area contributed by atoms with Crippen molar-refractivity contribution in [3.63, 3.8) is 0 Å². The van der Waals surface area contributed by atoms with Crippen molar-refractivity contribution in [3.05, 3.63) is 16.8 Å². The summed E-state index contributed by atoms with van der Waals surface area (Å²) in [5.74, 6) is -3.51. The Morgan fingerprint density at radius 1 is 0.667 bits per heavy atom. The van der Waals surface area contributed by atoms with Gasteiger partial charge in [-0.25, -0.2) is 0 Å². The molecule has 29 radical (unpaired) electrons. The van der Waals surface area contributed by atoms with Crippen LogP contribution >= 0.6 is 0 Å². The van der Waals surface area contributed by atoms with E-state index in [-0.39, 0.29) is 54.8 Å². The van der Waals surface area contributed by atoms with Crippen LogP contribution in [0.3, 0.4) is 0 Å². The van der Waals surface area contributed by atoms with Gasteiger partial charge >= 0.3 is 52.4 Å². The zero-order chi connectivity index (χ0) is 37.5. The molecule has 1 aromatic rings. The molecule has 0 saturated heterocycles. The van der Waals surface area contributed by atoms with Crippen molar-refractivity contribution < 1.29 is 39.8 Å². The van der Waals surface area contributed by atoms with Gasteiger partial charge in [0.05, 0.1) is 20.6 Å². The third-order valence-electron chi connectivity index (χ3n) is 11.5. The summed E-state index contributed by atoms with van der Waals surface area (Å²) in [6.07, 6.45) is 3.33. The summed E-state index contributed by atoms with van der Waals surface area (Å²) in [6, 6.07) is 0. The van der Waals surface area contributed by atoms with Crippen molar-refractivity contribution in [2.75, 3.05) is 0 Å². The topological polar surface area (TPSA) is 83.1 Å². The summed E-state index contributed by atoms with van der Waals surface area (Å²) in [5, 5.41) is 0. The van der Waals surface area contributed by atoms with Crippen molar-refractivity contribution in [1.29, 1.82) is 0 Å². The summed E-state index contributed by atoms with van der Waals surface area (Å²) in [4.78, 5) is 0. The summed E-state index contributed by atoms with van der Waals surface area (Å²) >= 11 is 0. The van der Waals surface area contributed by atoms with E-state index in [1.807, 2.05) is 20.4 Å². The Bertz CT molecular complexity index is 1240. The number of rotatable bonds is 21. The molecule has 0 saturated carbocycles. The fourth-order valence-electron chi connectivity index (χ4n) is 6.60. The van der Waals surface area contributed by atoms with Crippen LogP contribution < -0.4 is 17.7 Å². The quantitative estimate of drug-likeness (QED) is 0.105. The molecule has 9 nitrogen and oxygen atoms in total. The predicted molar refractivity (Wildman–Crippen MR) is 194 cm³/mol. The Morgan fingerprint density at radius 3 is 1.48 bits per heavy atom. The van der Waals surface area contributed by atoms with Crippen LogP contribution in [0.15, 0.2) is 5.70 Å². The van der Waals surface area contributed by atoms with Crippen LogP contribution in [-0.2, 0) is 27.9 Å². The first-order chi connectivity index (χ1) is 22.3. The highest BCUT2D eigenvalue weighted by atomic mass is 28.2. The van der Waals surface area contributed by atoms with E-state index in [4.69, 9.17) is 39.8 Å². The molecule has 0 aliphatic heterocycles. The van der Waals surface area contributed by atoms with Crippen molar-refractivity contribution in [1.82, 2.24) is 0 Å². The van der Waals surface area contributed by atoms with Gasteiger partial charge in [-0.05, 0) is 22.2 Å². The van der Waals surface area contributed by atoms with Crippen LogP contribution in [-0.4, -0.2) is 110 Å². The molecular weight excluding hydrogens is 773 g/mol. The summed E-state index contributed by atoms with van der Waals surface area (Å²) in [7, 11) is 29.6. The molecule has 0 amide bonds. The van der Waals surface area contributed by atoms with Crippen LogP contribution in [0, 0.1) is 27.6 Å². The van der Waals surface area contributed by atoms with Crippen molar-refractivity contribution >= 4 is 110 Å². The van der Waals surface area contributed by atoms with E-state index in [0.717, 1.165) is 19.3 Å². The number of hydrogen-bond acceptors (Lipinski definition) is 9. The van der Waals surface area contributed by atoms with E-state index < -0.39 is 27.8 Å². The molecule has 1 rings (SSSR count). The highest BCUT2D eigenvalue weighted by molar-refractivity contribution is 6.42. The minimum Gasteiger partial charge on any atom is -0.540 e. The summed E-state index contributed by atoms with van der Waals surface area (Å²) in [6.45, 7) is 24.0. The first-order valence-electron chi connectivity index (χ1n) is 15.0. The van der Waals surface area contributed by atoms with Gasteiger partial charge in [-0.1, -0.05) is 101 Å². The van der Waals surface area contributed by atoms with E-state index >= 15 is 0 Å². The van der Waals surface area contributed by atoms with Crippen molar-refractivity contribution in [2.24, 2.45) is 27.6 Å². The van der Waals surface area contributed by atoms with Gasteiger partial charge < -0.3 is 39.8 Å². The lowest BCUT2D eigenvalue weighted by Gasteiger charge is -2.66. The summed E-state index contributed by atoms with van der Waals surface area (Å²) < 4.78 is 53.7. The van der Waals surface area contributed by atoms with Crippen LogP contribution in [0.1, 0.15) is 99.6 Å². The monoisotopic (exact) mass is 813 g/mol. The van der Waals surface area contributed by atoms with Crippen LogP contribution in [0.5, 0.6) is 23.0 Å². The smallest absolute Gasteiger partial charge is 0.341 e. The molecule has 0 aliphatic rings. The molecule has 19 heteroatoms. The fourth-order valence-corrected chi connectivity index (χ4v) is 9.69. The molecule has 0 heterocycles. The van der Waals surface area contributed by atoms with E-state index in [2.05, 4.69) is 150 Å². The zero-order valence-electron chi connectivity index (χ0n) is 29.5. The molecule has 0 aliphatic carbocycles. The number of benzene rings is 1. The second-order valence-electron chi connectivity index (χ2n) is 13.7. The molecule has 0 spiro atoms. The Kier molecular flexibility index (Phi) is 17.4. The Morgan fingerprint density at radius 2 is 1.12 bits per heavy atom. The Labute approximate surface area is 321 Å². The van der Waals surface area contributed by atoms with E-state index in [1.165, 1.54) is 0 Å². The molecule has 1 atom stereocenters. The molecule has 0 N–H and O–H groups in total. The maximum atomic E-state index is 6.34. The number of hydrogen-bond donors (Lipinski definition) is 0. The molecule has 48 heavy (non-hydrogen) atoms. The lowest BCUT2D eigenvalue weighted by atomic mass is 9.43.